The number of amides is 2. The average Bonchev–Trinajstić information content (AvgIpc) is 3.69. The van der Waals surface area contributed by atoms with Crippen molar-refractivity contribution in [3.05, 3.63) is 78.4 Å². The van der Waals surface area contributed by atoms with Gasteiger partial charge in [0.25, 0.3) is 5.91 Å². The predicted molar refractivity (Wildman–Crippen MR) is 158 cm³/mol. The number of carbonyl (C=O) groups excluding carboxylic acids is 2. The number of carbonyl (C=O) groups is 2. The maximum atomic E-state index is 13.8. The van der Waals surface area contributed by atoms with Crippen molar-refractivity contribution in [1.82, 2.24) is 19.7 Å². The highest BCUT2D eigenvalue weighted by Crippen LogP contribution is 2.32. The molecule has 4 saturated heterocycles. The van der Waals surface area contributed by atoms with Crippen LogP contribution in [0.2, 0.25) is 0 Å². The Labute approximate surface area is 242 Å². The second-order valence-electron chi connectivity index (χ2n) is 12.1. The number of likely N-dealkylation sites (tertiary alicyclic amines) is 3. The van der Waals surface area contributed by atoms with E-state index in [1.165, 1.54) is 0 Å². The van der Waals surface area contributed by atoms with Crippen molar-refractivity contribution in [3.63, 3.8) is 0 Å². The molecular weight excluding hydrogens is 512 g/mol. The first-order valence-corrected chi connectivity index (χ1v) is 15.2. The quantitative estimate of drug-likeness (QED) is 0.460. The largest absolute Gasteiger partial charge is 0.374 e. The van der Waals surface area contributed by atoms with Crippen LogP contribution in [0.15, 0.2) is 72.8 Å². The summed E-state index contributed by atoms with van der Waals surface area (Å²) in [6.07, 6.45) is 5.19. The van der Waals surface area contributed by atoms with E-state index in [1.54, 1.807) is 0 Å². The minimum atomic E-state index is 0.0678. The molecule has 3 aromatic rings. The molecule has 2 amide bonds. The molecule has 212 valence electrons. The van der Waals surface area contributed by atoms with Crippen LogP contribution in [0.4, 0.5) is 0 Å². The number of benzene rings is 2. The summed E-state index contributed by atoms with van der Waals surface area (Å²) in [5, 5.41) is 0. The smallest absolute Gasteiger partial charge is 0.254 e. The zero-order valence-corrected chi connectivity index (χ0v) is 23.5. The maximum absolute atomic E-state index is 13.8. The number of hydrogen-bond donors (Lipinski definition) is 0. The number of morpholine rings is 1. The lowest BCUT2D eigenvalue weighted by atomic mass is 9.92. The molecule has 41 heavy (non-hydrogen) atoms. The first kappa shape index (κ1) is 26.4. The zero-order chi connectivity index (χ0) is 27.8. The van der Waals surface area contributed by atoms with Gasteiger partial charge in [0.2, 0.25) is 5.91 Å². The van der Waals surface area contributed by atoms with Gasteiger partial charge in [0.15, 0.2) is 0 Å². The Morgan fingerprint density at radius 3 is 2.02 bits per heavy atom. The first-order valence-electron chi connectivity index (χ1n) is 15.2. The molecule has 0 N–H and O–H groups in total. The third-order valence-corrected chi connectivity index (χ3v) is 9.47. The molecule has 1 aromatic heterocycles. The number of nitrogens with zero attached hydrogens (tertiary/aromatic N) is 4. The van der Waals surface area contributed by atoms with Crippen LogP contribution < -0.4 is 0 Å². The zero-order valence-electron chi connectivity index (χ0n) is 23.5. The number of hydrogen-bond acceptors (Lipinski definition) is 5. The highest BCUT2D eigenvalue weighted by atomic mass is 16.5. The number of rotatable bonds is 5. The minimum Gasteiger partial charge on any atom is -0.374 e. The molecule has 7 rings (SSSR count). The summed E-state index contributed by atoms with van der Waals surface area (Å²) in [6, 6.07) is 24.7. The van der Waals surface area contributed by atoms with E-state index in [0.29, 0.717) is 24.1 Å². The summed E-state index contributed by atoms with van der Waals surface area (Å²) in [4.78, 5) is 38.7. The number of ether oxygens (including phenoxy) is 1. The van der Waals surface area contributed by atoms with Crippen LogP contribution in [0.1, 0.15) is 42.5 Å². The molecule has 2 bridgehead atoms. The van der Waals surface area contributed by atoms with Gasteiger partial charge in [0.1, 0.15) is 0 Å². The van der Waals surface area contributed by atoms with Gasteiger partial charge in [-0.15, -0.1) is 0 Å². The Morgan fingerprint density at radius 2 is 1.44 bits per heavy atom. The highest BCUT2D eigenvalue weighted by molar-refractivity contribution is 5.96. The van der Waals surface area contributed by atoms with Gasteiger partial charge >= 0.3 is 0 Å². The minimum absolute atomic E-state index is 0.0678. The fraction of sp³-hybridized carbons (Fsp3) is 0.441. The second-order valence-corrected chi connectivity index (χ2v) is 12.1. The molecule has 7 nitrogen and oxygen atoms in total. The Balaban J connectivity index is 1.03. The van der Waals surface area contributed by atoms with Gasteiger partial charge in [-0.2, -0.15) is 0 Å². The summed E-state index contributed by atoms with van der Waals surface area (Å²) in [5.74, 6) is 0.491. The summed E-state index contributed by atoms with van der Waals surface area (Å²) in [5.41, 5.74) is 4.31. The maximum Gasteiger partial charge on any atom is 0.254 e. The van der Waals surface area contributed by atoms with E-state index in [9.17, 15) is 9.59 Å². The van der Waals surface area contributed by atoms with Gasteiger partial charge in [-0.3, -0.25) is 14.5 Å². The predicted octanol–water partition coefficient (Wildman–Crippen LogP) is 4.73. The molecule has 4 fully saturated rings. The molecule has 4 aliphatic heterocycles. The van der Waals surface area contributed by atoms with Crippen molar-refractivity contribution in [3.8, 4) is 22.5 Å². The van der Waals surface area contributed by atoms with Crippen LogP contribution >= 0.6 is 0 Å². The number of piperidine rings is 2. The lowest BCUT2D eigenvalue weighted by Gasteiger charge is -2.43. The van der Waals surface area contributed by atoms with Crippen molar-refractivity contribution < 1.29 is 14.3 Å². The van der Waals surface area contributed by atoms with Crippen LogP contribution in [-0.4, -0.2) is 89.0 Å². The van der Waals surface area contributed by atoms with Crippen molar-refractivity contribution >= 4 is 11.8 Å². The number of pyridine rings is 1. The van der Waals surface area contributed by atoms with Crippen LogP contribution in [0.25, 0.3) is 22.5 Å². The van der Waals surface area contributed by atoms with Crippen LogP contribution in [0.3, 0.4) is 0 Å². The van der Waals surface area contributed by atoms with E-state index in [2.05, 4.69) is 9.80 Å². The van der Waals surface area contributed by atoms with Crippen molar-refractivity contribution in [1.29, 1.82) is 0 Å². The summed E-state index contributed by atoms with van der Waals surface area (Å²) < 4.78 is 5.72. The first-order chi connectivity index (χ1) is 20.1. The van der Waals surface area contributed by atoms with Gasteiger partial charge in [-0.25, -0.2) is 4.98 Å². The third-order valence-electron chi connectivity index (χ3n) is 9.47. The van der Waals surface area contributed by atoms with Gasteiger partial charge in [-0.05, 0) is 50.8 Å². The normalized spacial score (nSPS) is 25.0. The number of aromatic nitrogens is 1. The van der Waals surface area contributed by atoms with Gasteiger partial charge in [0, 0.05) is 48.9 Å². The van der Waals surface area contributed by atoms with Crippen LogP contribution in [-0.2, 0) is 9.53 Å². The van der Waals surface area contributed by atoms with E-state index < -0.39 is 0 Å². The number of fused-ring (bicyclic) bond motifs is 2. The van der Waals surface area contributed by atoms with Gasteiger partial charge < -0.3 is 14.5 Å². The van der Waals surface area contributed by atoms with E-state index in [4.69, 9.17) is 9.72 Å². The molecule has 5 heterocycles. The van der Waals surface area contributed by atoms with Crippen LogP contribution in [0, 0.1) is 5.92 Å². The Kier molecular flexibility index (Phi) is 7.31. The molecule has 2 unspecified atom stereocenters. The van der Waals surface area contributed by atoms with Crippen molar-refractivity contribution in [2.45, 2.75) is 50.3 Å². The summed E-state index contributed by atoms with van der Waals surface area (Å²) >= 11 is 0. The van der Waals surface area contributed by atoms with E-state index in [-0.39, 0.29) is 24.0 Å². The SMILES string of the molecule is O=C(c1cc(-c2ccccc2)nc(-c2ccccc2)c1)N1CCC(N2CCC[C@@H](C(=O)N3CC4CC3CO4)C2)CC1. The second kappa shape index (κ2) is 11.4. The Bertz CT molecular complexity index is 1330. The van der Waals surface area contributed by atoms with E-state index >= 15 is 0 Å². The fourth-order valence-electron chi connectivity index (χ4n) is 7.23. The molecule has 0 spiro atoms. The third kappa shape index (κ3) is 5.41. The fourth-order valence-corrected chi connectivity index (χ4v) is 7.23. The molecule has 0 saturated carbocycles. The summed E-state index contributed by atoms with van der Waals surface area (Å²) in [6.45, 7) is 4.83. The summed E-state index contributed by atoms with van der Waals surface area (Å²) in [7, 11) is 0. The Morgan fingerprint density at radius 1 is 0.780 bits per heavy atom. The highest BCUT2D eigenvalue weighted by Gasteiger charge is 2.44. The van der Waals surface area contributed by atoms with E-state index in [0.717, 1.165) is 87.3 Å². The van der Waals surface area contributed by atoms with Gasteiger partial charge in [-0.1, -0.05) is 60.7 Å². The molecule has 0 aliphatic carbocycles. The molecule has 0 radical (unpaired) electrons. The lowest BCUT2D eigenvalue weighted by Crippen LogP contribution is -2.53. The van der Waals surface area contributed by atoms with Gasteiger partial charge in [0.05, 0.1) is 36.1 Å². The molecule has 4 aliphatic rings. The topological polar surface area (TPSA) is 66.0 Å². The molecule has 7 heteroatoms. The standard InChI is InChI=1S/C34H38N4O3/c39-33(27-18-31(24-8-3-1-4-9-24)35-32(19-27)25-10-5-2-6-11-25)36-16-13-28(14-17-36)37-15-7-12-26(21-37)34(40)38-22-30-20-29(38)23-41-30/h1-6,8-11,18-19,26,28-30H,7,12-17,20-23H2/t26-,29?,30?/m1/s1. The monoisotopic (exact) mass is 550 g/mol. The molecule has 3 atom stereocenters. The lowest BCUT2D eigenvalue weighted by molar-refractivity contribution is -0.142. The molecule has 2 aromatic carbocycles. The van der Waals surface area contributed by atoms with Crippen molar-refractivity contribution in [2.24, 2.45) is 5.92 Å². The van der Waals surface area contributed by atoms with Crippen molar-refractivity contribution in [2.75, 3.05) is 39.3 Å². The molecular formula is C34H38N4O3. The van der Waals surface area contributed by atoms with Crippen LogP contribution in [0.5, 0.6) is 0 Å². The Hall–Kier alpha value is -3.55. The average molecular weight is 551 g/mol. The van der Waals surface area contributed by atoms with E-state index in [1.807, 2.05) is 77.7 Å².